The van der Waals surface area contributed by atoms with Gasteiger partial charge in [0.25, 0.3) is 0 Å². The average Bonchev–Trinajstić information content (AvgIpc) is 2.41. The molecule has 1 heterocycles. The lowest BCUT2D eigenvalue weighted by Gasteiger charge is -2.33. The van der Waals surface area contributed by atoms with E-state index >= 15 is 0 Å². The van der Waals surface area contributed by atoms with Crippen LogP contribution in [-0.2, 0) is 6.54 Å². The minimum absolute atomic E-state index is 0.0540. The first-order chi connectivity index (χ1) is 8.70. The fourth-order valence-corrected chi connectivity index (χ4v) is 2.79. The third kappa shape index (κ3) is 3.30. The van der Waals surface area contributed by atoms with Gasteiger partial charge >= 0.3 is 0 Å². The molecule has 0 unspecified atom stereocenters. The molecule has 1 saturated heterocycles. The summed E-state index contributed by atoms with van der Waals surface area (Å²) < 4.78 is 13.6. The molecule has 1 aliphatic rings. The lowest BCUT2D eigenvalue weighted by Crippen LogP contribution is -3.29. The van der Waals surface area contributed by atoms with Crippen molar-refractivity contribution in [2.75, 3.05) is 26.2 Å². The normalized spacial score (nSPS) is 25.9. The van der Waals surface area contributed by atoms with Gasteiger partial charge in [-0.1, -0.05) is 25.1 Å². The first-order valence-corrected chi connectivity index (χ1v) is 7.12. The van der Waals surface area contributed by atoms with Crippen molar-refractivity contribution < 1.29 is 14.2 Å². The van der Waals surface area contributed by atoms with E-state index in [1.807, 2.05) is 12.1 Å². The molecule has 2 nitrogen and oxygen atoms in total. The largest absolute Gasteiger partial charge is 0.323 e. The van der Waals surface area contributed by atoms with E-state index < -0.39 is 0 Å². The molecule has 1 fully saturated rings. The molecule has 1 aromatic carbocycles. The van der Waals surface area contributed by atoms with Crippen LogP contribution in [0.1, 0.15) is 25.8 Å². The van der Waals surface area contributed by atoms with E-state index in [4.69, 9.17) is 0 Å². The van der Waals surface area contributed by atoms with Crippen molar-refractivity contribution in [1.82, 2.24) is 0 Å². The molecule has 1 aliphatic heterocycles. The average molecular weight is 252 g/mol. The monoisotopic (exact) mass is 252 g/mol. The summed E-state index contributed by atoms with van der Waals surface area (Å²) in [6.45, 7) is 10.2. The minimum atomic E-state index is -0.0540. The van der Waals surface area contributed by atoms with Crippen LogP contribution in [0, 0.1) is 5.82 Å². The highest BCUT2D eigenvalue weighted by Gasteiger charge is 2.26. The lowest BCUT2D eigenvalue weighted by molar-refractivity contribution is -1.03. The topological polar surface area (TPSA) is 8.88 Å². The van der Waals surface area contributed by atoms with Crippen LogP contribution in [0.5, 0.6) is 0 Å². The van der Waals surface area contributed by atoms with Crippen LogP contribution in [0.3, 0.4) is 0 Å². The standard InChI is InChI=1S/C15H23FN2/c1-3-13(2)18-10-8-17(9-11-18)12-14-6-4-5-7-15(14)16/h4-7,13H,3,8-12H2,1-2H3/p+2/t13-/m1/s1. The van der Waals surface area contributed by atoms with Crippen LogP contribution in [0.2, 0.25) is 0 Å². The fourth-order valence-electron chi connectivity index (χ4n) is 2.79. The van der Waals surface area contributed by atoms with Crippen molar-refractivity contribution in [2.45, 2.75) is 32.9 Å². The SMILES string of the molecule is CC[C@@H](C)[NH+]1CC[NH+](Cc2ccccc2F)CC1. The number of piperazine rings is 1. The van der Waals surface area contributed by atoms with Gasteiger partial charge in [0, 0.05) is 5.56 Å². The summed E-state index contributed by atoms with van der Waals surface area (Å²) in [6.07, 6.45) is 1.25. The Morgan fingerprint density at radius 1 is 1.17 bits per heavy atom. The van der Waals surface area contributed by atoms with Crippen molar-refractivity contribution in [3.05, 3.63) is 35.6 Å². The molecule has 0 saturated carbocycles. The Balaban J connectivity index is 1.86. The molecule has 0 radical (unpaired) electrons. The van der Waals surface area contributed by atoms with Gasteiger partial charge in [-0.3, -0.25) is 0 Å². The Labute approximate surface area is 109 Å². The Morgan fingerprint density at radius 2 is 1.83 bits per heavy atom. The summed E-state index contributed by atoms with van der Waals surface area (Å²) >= 11 is 0. The Hall–Kier alpha value is -0.930. The number of rotatable bonds is 4. The van der Waals surface area contributed by atoms with E-state index in [9.17, 15) is 4.39 Å². The summed E-state index contributed by atoms with van der Waals surface area (Å²) in [5.74, 6) is -0.0540. The molecule has 18 heavy (non-hydrogen) atoms. The van der Waals surface area contributed by atoms with Gasteiger partial charge in [-0.05, 0) is 19.4 Å². The highest BCUT2D eigenvalue weighted by Crippen LogP contribution is 2.03. The summed E-state index contributed by atoms with van der Waals surface area (Å²) in [6, 6.07) is 7.93. The van der Waals surface area contributed by atoms with Gasteiger partial charge in [-0.2, -0.15) is 0 Å². The van der Waals surface area contributed by atoms with Gasteiger partial charge in [0.05, 0.1) is 6.04 Å². The number of quaternary nitrogens is 2. The second-order valence-corrected chi connectivity index (χ2v) is 5.49. The van der Waals surface area contributed by atoms with Gasteiger partial charge in [0.2, 0.25) is 0 Å². The molecule has 0 spiro atoms. The molecule has 2 N–H and O–H groups in total. The van der Waals surface area contributed by atoms with Gasteiger partial charge in [0.1, 0.15) is 38.5 Å². The maximum Gasteiger partial charge on any atom is 0.132 e. The maximum absolute atomic E-state index is 13.6. The molecular weight excluding hydrogens is 227 g/mol. The Kier molecular flexibility index (Phi) is 4.72. The number of benzene rings is 1. The summed E-state index contributed by atoms with van der Waals surface area (Å²) in [4.78, 5) is 3.24. The van der Waals surface area contributed by atoms with E-state index in [0.29, 0.717) is 0 Å². The van der Waals surface area contributed by atoms with Crippen molar-refractivity contribution in [3.8, 4) is 0 Å². The van der Waals surface area contributed by atoms with Crippen LogP contribution in [0.25, 0.3) is 0 Å². The van der Waals surface area contributed by atoms with E-state index in [2.05, 4.69) is 13.8 Å². The van der Waals surface area contributed by atoms with E-state index in [1.54, 1.807) is 17.0 Å². The van der Waals surface area contributed by atoms with Crippen LogP contribution in [0.4, 0.5) is 4.39 Å². The summed E-state index contributed by atoms with van der Waals surface area (Å²) in [7, 11) is 0. The molecule has 0 aromatic heterocycles. The van der Waals surface area contributed by atoms with Crippen LogP contribution >= 0.6 is 0 Å². The Bertz CT molecular complexity index is 373. The molecule has 2 rings (SSSR count). The maximum atomic E-state index is 13.6. The highest BCUT2D eigenvalue weighted by atomic mass is 19.1. The van der Waals surface area contributed by atoms with Crippen LogP contribution in [0.15, 0.2) is 24.3 Å². The number of hydrogen-bond donors (Lipinski definition) is 2. The molecule has 3 heteroatoms. The zero-order valence-corrected chi connectivity index (χ0v) is 11.5. The first-order valence-electron chi connectivity index (χ1n) is 7.12. The second kappa shape index (κ2) is 6.30. The molecule has 1 aromatic rings. The first kappa shape index (κ1) is 13.5. The molecule has 0 aliphatic carbocycles. The summed E-state index contributed by atoms with van der Waals surface area (Å²) in [5.41, 5.74) is 0.861. The molecule has 100 valence electrons. The number of halogens is 1. The highest BCUT2D eigenvalue weighted by molar-refractivity contribution is 5.15. The van der Waals surface area contributed by atoms with Crippen molar-refractivity contribution in [3.63, 3.8) is 0 Å². The molecular formula is C15H25FN2+2. The minimum Gasteiger partial charge on any atom is -0.323 e. The second-order valence-electron chi connectivity index (χ2n) is 5.49. The van der Waals surface area contributed by atoms with Crippen molar-refractivity contribution in [2.24, 2.45) is 0 Å². The zero-order chi connectivity index (χ0) is 13.0. The summed E-state index contributed by atoms with van der Waals surface area (Å²) in [5, 5.41) is 0. The van der Waals surface area contributed by atoms with Gasteiger partial charge in [-0.15, -0.1) is 0 Å². The predicted molar refractivity (Wildman–Crippen MR) is 71.3 cm³/mol. The van der Waals surface area contributed by atoms with E-state index in [-0.39, 0.29) is 5.82 Å². The zero-order valence-electron chi connectivity index (χ0n) is 11.5. The van der Waals surface area contributed by atoms with Crippen molar-refractivity contribution >= 4 is 0 Å². The number of nitrogens with one attached hydrogen (secondary N) is 2. The Morgan fingerprint density at radius 3 is 2.44 bits per heavy atom. The van der Waals surface area contributed by atoms with Crippen molar-refractivity contribution in [1.29, 1.82) is 0 Å². The van der Waals surface area contributed by atoms with Gasteiger partial charge in [0.15, 0.2) is 0 Å². The van der Waals surface area contributed by atoms with E-state index in [0.717, 1.165) is 31.2 Å². The molecule has 0 amide bonds. The van der Waals surface area contributed by atoms with E-state index in [1.165, 1.54) is 24.4 Å². The van der Waals surface area contributed by atoms with Crippen LogP contribution in [-0.4, -0.2) is 32.2 Å². The quantitative estimate of drug-likeness (QED) is 0.741. The fraction of sp³-hybridized carbons (Fsp3) is 0.600. The third-order valence-electron chi connectivity index (χ3n) is 4.31. The number of hydrogen-bond acceptors (Lipinski definition) is 0. The molecule has 1 atom stereocenters. The third-order valence-corrected chi connectivity index (χ3v) is 4.31. The van der Waals surface area contributed by atoms with Gasteiger partial charge < -0.3 is 9.80 Å². The lowest BCUT2D eigenvalue weighted by atomic mass is 10.1. The predicted octanol–water partition coefficient (Wildman–Crippen LogP) is -0.0924. The van der Waals surface area contributed by atoms with Gasteiger partial charge in [-0.25, -0.2) is 4.39 Å². The smallest absolute Gasteiger partial charge is 0.132 e. The molecule has 0 bridgehead atoms. The van der Waals surface area contributed by atoms with Crippen LogP contribution < -0.4 is 9.80 Å².